The molecule has 0 amide bonds. The molecule has 4 aliphatic heterocycles. The third-order valence-corrected chi connectivity index (χ3v) is 25.5. The van der Waals surface area contributed by atoms with Crippen molar-refractivity contribution in [3.63, 3.8) is 0 Å². The van der Waals surface area contributed by atoms with Gasteiger partial charge in [-0.25, -0.2) is 0 Å². The van der Waals surface area contributed by atoms with Crippen molar-refractivity contribution in [2.75, 3.05) is 40.1 Å². The van der Waals surface area contributed by atoms with E-state index in [1.54, 1.807) is 0 Å². The van der Waals surface area contributed by atoms with E-state index in [1.807, 2.05) is 364 Å². The lowest BCUT2D eigenvalue weighted by molar-refractivity contribution is -0.415. The Labute approximate surface area is 828 Å². The second kappa shape index (κ2) is 56.9. The number of hydrogen-bond acceptors (Lipinski definition) is 23. The molecule has 0 aliphatic carbocycles. The Morgan fingerprint density at radius 3 is 0.695 bits per heavy atom. The first-order chi connectivity index (χ1) is 69.8. The van der Waals surface area contributed by atoms with Gasteiger partial charge in [0.2, 0.25) is 0 Å². The van der Waals surface area contributed by atoms with Gasteiger partial charge in [-0.1, -0.05) is 390 Å². The third kappa shape index (κ3) is 31.9. The molecule has 23 heteroatoms. The lowest BCUT2D eigenvalue weighted by atomic mass is 9.94. The number of esters is 1. The molecule has 4 saturated heterocycles. The van der Waals surface area contributed by atoms with Crippen molar-refractivity contribution in [1.82, 2.24) is 0 Å². The second-order valence-electron chi connectivity index (χ2n) is 35.8. The maximum Gasteiger partial charge on any atom is 0.305 e. The first-order valence-electron chi connectivity index (χ1n) is 49.4. The minimum Gasteiger partial charge on any atom is -0.469 e. The van der Waals surface area contributed by atoms with Crippen molar-refractivity contribution in [2.45, 2.75) is 247 Å². The zero-order valence-corrected chi connectivity index (χ0v) is 80.1. The van der Waals surface area contributed by atoms with Gasteiger partial charge < -0.3 is 105 Å². The van der Waals surface area contributed by atoms with Crippen molar-refractivity contribution >= 4 is 5.97 Å². The summed E-state index contributed by atoms with van der Waals surface area (Å²) in [4.78, 5) is 12.1. The van der Waals surface area contributed by atoms with Crippen LogP contribution in [0.5, 0.6) is 0 Å². The van der Waals surface area contributed by atoms with E-state index < -0.39 is 129 Å². The van der Waals surface area contributed by atoms with Crippen LogP contribution < -0.4 is 0 Å². The van der Waals surface area contributed by atoms with E-state index in [-0.39, 0.29) is 112 Å². The highest BCUT2D eigenvalue weighted by molar-refractivity contribution is 5.69. The standard InChI is InChI=1S/C118H132O23/c1-121-102(120)68-42-4-2-3-5-43-69-125-115-112(134-82-97-66-40-17-41-67-97)110(103(98(70-119)135-115)126-74-89-50-24-9-25-51-89)139-117-113(108(131-79-94-60-34-14-35-61-94)105(128-76-91-54-28-11-29-55-91)100(137-117)84-123-72-87-46-20-7-21-47-87)141-118-114(109(132-80-95-62-36-15-37-63-95)106(129-77-92-56-30-12-31-57-92)101(138-118)85-124-73-88-48-22-8-23-49-88)140-116-111(133-81-96-64-38-16-39-65-96)107(130-78-93-58-32-13-33-59-93)104(127-75-90-52-26-10-27-53-90)99(136-116)83-122-71-86-44-18-6-19-45-86/h6-41,44-67,98-101,103-119H,2-5,42-43,68-85H2,1H3/t98-,99-,100-,101-,103-,104-,105-,106-,107+,108+,109+,110+,111+,112+,113+,114+,115-,116-,117-,118-/m1/s1. The molecule has 1 N–H and O–H groups in total. The number of benzene rings is 12. The first kappa shape index (κ1) is 103. The monoisotopic (exact) mass is 1920 g/mol. The number of unbranched alkanes of at least 4 members (excludes halogenated alkanes) is 5. The summed E-state index contributed by atoms with van der Waals surface area (Å²) in [7, 11) is 1.42. The molecule has 0 radical (unpaired) electrons. The normalized spacial score (nSPS) is 24.6. The molecular formula is C118H132O23. The van der Waals surface area contributed by atoms with E-state index in [9.17, 15) is 9.90 Å². The zero-order chi connectivity index (χ0) is 96.3. The summed E-state index contributed by atoms with van der Waals surface area (Å²) < 4.78 is 156. The Kier molecular flexibility index (Phi) is 41.7. The average molecular weight is 1920 g/mol. The van der Waals surface area contributed by atoms with Crippen LogP contribution in [0.4, 0.5) is 0 Å². The minimum absolute atomic E-state index is 0.00132. The fourth-order valence-electron chi connectivity index (χ4n) is 18.0. The van der Waals surface area contributed by atoms with Gasteiger partial charge in [0.1, 0.15) is 97.7 Å². The van der Waals surface area contributed by atoms with Crippen LogP contribution in [0, 0.1) is 0 Å². The second-order valence-corrected chi connectivity index (χ2v) is 35.8. The number of methoxy groups -OCH3 is 1. The van der Waals surface area contributed by atoms with Crippen LogP contribution in [0.3, 0.4) is 0 Å². The molecule has 20 atom stereocenters. The Morgan fingerprint density at radius 2 is 0.426 bits per heavy atom. The van der Waals surface area contributed by atoms with Gasteiger partial charge in [-0.3, -0.25) is 4.79 Å². The highest BCUT2D eigenvalue weighted by Crippen LogP contribution is 2.43. The molecule has 141 heavy (non-hydrogen) atoms. The molecule has 4 fully saturated rings. The van der Waals surface area contributed by atoms with Gasteiger partial charge in [-0.05, 0) is 79.6 Å². The number of carbonyl (C=O) groups excluding carboxylic acids is 1. The van der Waals surface area contributed by atoms with Gasteiger partial charge in [0.05, 0.1) is 113 Å². The highest BCUT2D eigenvalue weighted by atomic mass is 16.8. The number of aliphatic hydroxyl groups is 1. The number of hydrogen-bond donors (Lipinski definition) is 1. The third-order valence-electron chi connectivity index (χ3n) is 25.5. The van der Waals surface area contributed by atoms with E-state index >= 15 is 0 Å². The molecule has 12 aromatic carbocycles. The lowest BCUT2D eigenvalue weighted by Crippen LogP contribution is -2.69. The fraction of sp³-hybridized carbons (Fsp3) is 0.381. The molecule has 0 bridgehead atoms. The minimum atomic E-state index is -1.64. The fourth-order valence-corrected chi connectivity index (χ4v) is 18.0. The predicted molar refractivity (Wildman–Crippen MR) is 530 cm³/mol. The maximum absolute atomic E-state index is 12.2. The van der Waals surface area contributed by atoms with Gasteiger partial charge >= 0.3 is 5.97 Å². The van der Waals surface area contributed by atoms with Gasteiger partial charge in [-0.2, -0.15) is 0 Å². The Hall–Kier alpha value is -10.7. The Morgan fingerprint density at radius 1 is 0.220 bits per heavy atom. The zero-order valence-electron chi connectivity index (χ0n) is 80.1. The predicted octanol–water partition coefficient (Wildman–Crippen LogP) is 19.9. The number of ether oxygens (including phenoxy) is 21. The van der Waals surface area contributed by atoms with Crippen molar-refractivity contribution in [3.05, 3.63) is 431 Å². The van der Waals surface area contributed by atoms with E-state index in [2.05, 4.69) is 0 Å². The molecule has 16 rings (SSSR count). The van der Waals surface area contributed by atoms with Crippen molar-refractivity contribution < 1.29 is 109 Å². The molecule has 0 unspecified atom stereocenters. The van der Waals surface area contributed by atoms with Crippen molar-refractivity contribution in [3.8, 4) is 0 Å². The Bertz CT molecular complexity index is 5380. The van der Waals surface area contributed by atoms with Crippen LogP contribution in [0.15, 0.2) is 364 Å². The summed E-state index contributed by atoms with van der Waals surface area (Å²) in [5, 5.41) is 12.2. The maximum atomic E-state index is 12.2. The first-order valence-corrected chi connectivity index (χ1v) is 49.4. The van der Waals surface area contributed by atoms with Crippen LogP contribution >= 0.6 is 0 Å². The average Bonchev–Trinajstić information content (AvgIpc) is 0.753. The Balaban J connectivity index is 0.886. The summed E-state index contributed by atoms with van der Waals surface area (Å²) in [6.45, 7) is 0.647. The molecule has 0 aromatic heterocycles. The topological polar surface area (TPSA) is 231 Å². The van der Waals surface area contributed by atoms with E-state index in [1.165, 1.54) is 7.11 Å². The SMILES string of the molecule is COC(=O)CCCCCCCCO[C@@H]1O[C@H](CO)[C@@H](OCc2ccccc2)[C@H](O[C@H]2O[C@H](COCc3ccccc3)[C@@H](OCc3ccccc3)[C@H](OCc3ccccc3)[C@@H]2O[C@H]2O[C@H](COCc3ccccc3)[C@@H](OCc3ccccc3)[C@H](OCc3ccccc3)[C@@H]2O[C@H]2O[C@H](COCc3ccccc3)[C@@H](OCc3ccccc3)[C@H](OCc3ccccc3)[C@@H]2OCc2ccccc2)[C@@H]1OCc1ccccc1. The van der Waals surface area contributed by atoms with Gasteiger partial charge in [-0.15, -0.1) is 0 Å². The molecule has 12 aromatic rings. The van der Waals surface area contributed by atoms with Crippen LogP contribution in [0.25, 0.3) is 0 Å². The van der Waals surface area contributed by atoms with Crippen LogP contribution in [0.1, 0.15) is 112 Å². The molecule has 4 heterocycles. The van der Waals surface area contributed by atoms with Crippen molar-refractivity contribution in [1.29, 1.82) is 0 Å². The molecule has 742 valence electrons. The van der Waals surface area contributed by atoms with Crippen molar-refractivity contribution in [2.24, 2.45) is 0 Å². The summed E-state index contributed by atoms with van der Waals surface area (Å²) in [6, 6.07) is 119. The smallest absolute Gasteiger partial charge is 0.305 e. The summed E-state index contributed by atoms with van der Waals surface area (Å²) in [5.41, 5.74) is 10.5. The molecule has 4 aliphatic rings. The largest absolute Gasteiger partial charge is 0.469 e. The number of rotatable bonds is 56. The molecule has 0 saturated carbocycles. The number of aliphatic hydroxyl groups excluding tert-OH is 1. The molecule has 0 spiro atoms. The van der Waals surface area contributed by atoms with Crippen LogP contribution in [-0.2, 0) is 184 Å². The molecule has 23 nitrogen and oxygen atoms in total. The summed E-state index contributed by atoms with van der Waals surface area (Å²) in [5.74, 6) is -0.223. The highest BCUT2D eigenvalue weighted by Gasteiger charge is 2.60. The van der Waals surface area contributed by atoms with Crippen LogP contribution in [0.2, 0.25) is 0 Å². The van der Waals surface area contributed by atoms with E-state index in [0.29, 0.717) is 12.8 Å². The van der Waals surface area contributed by atoms with Gasteiger partial charge in [0, 0.05) is 13.0 Å². The van der Waals surface area contributed by atoms with E-state index in [4.69, 9.17) is 99.5 Å². The summed E-state index contributed by atoms with van der Waals surface area (Å²) >= 11 is 0. The van der Waals surface area contributed by atoms with Gasteiger partial charge in [0.25, 0.3) is 0 Å². The van der Waals surface area contributed by atoms with E-state index in [0.717, 1.165) is 98.9 Å². The van der Waals surface area contributed by atoms with Crippen LogP contribution in [-0.4, -0.2) is 174 Å². The lowest BCUT2D eigenvalue weighted by Gasteiger charge is -2.53. The quantitative estimate of drug-likeness (QED) is 0.0276. The molecular weight excluding hydrogens is 1790 g/mol. The summed E-state index contributed by atoms with van der Waals surface area (Å²) in [6.07, 6.45) is -19.1. The number of carbonyl (C=O) groups is 1. The van der Waals surface area contributed by atoms with Gasteiger partial charge in [0.15, 0.2) is 25.2 Å².